The van der Waals surface area contributed by atoms with Gasteiger partial charge in [-0.2, -0.15) is 13.2 Å². The van der Waals surface area contributed by atoms with Crippen LogP contribution in [0, 0.1) is 0 Å². The molecule has 0 fully saturated rings. The largest absolute Gasteiger partial charge is 0.457 e. The summed E-state index contributed by atoms with van der Waals surface area (Å²) >= 11 is 0. The molecule has 210 valence electrons. The minimum Gasteiger partial charge on any atom is -0.457 e. The van der Waals surface area contributed by atoms with Crippen LogP contribution >= 0.6 is 0 Å². The minimum atomic E-state index is -4.46. The number of halogens is 3. The average molecular weight is 567 g/mol. The molecule has 0 atom stereocenters. The van der Waals surface area contributed by atoms with E-state index in [2.05, 4.69) is 5.32 Å². The Kier molecular flexibility index (Phi) is 8.06. The number of hydrogen-bond acceptors (Lipinski definition) is 4. The van der Waals surface area contributed by atoms with Crippen LogP contribution in [0.4, 0.5) is 24.5 Å². The first-order valence-electron chi connectivity index (χ1n) is 13.0. The lowest BCUT2D eigenvalue weighted by atomic mass is 9.98. The SMILES string of the molecule is Nc1ccc(-c2ccc(/C=C/c3ccc(NC(=O)Cc4ccc(C(F)(F)F)cc4)c(C(=O)c4ccccc4)c3)o2)cc1. The first-order chi connectivity index (χ1) is 20.2. The van der Waals surface area contributed by atoms with Gasteiger partial charge < -0.3 is 15.5 Å². The number of nitrogen functional groups attached to an aromatic ring is 1. The Hall–Kier alpha value is -5.37. The molecular formula is C34H25F3N2O3. The second-order valence-corrected chi connectivity index (χ2v) is 9.58. The van der Waals surface area contributed by atoms with E-state index in [1.165, 1.54) is 12.1 Å². The molecule has 4 aromatic carbocycles. The van der Waals surface area contributed by atoms with Gasteiger partial charge in [0.25, 0.3) is 0 Å². The summed E-state index contributed by atoms with van der Waals surface area (Å²) in [4.78, 5) is 26.3. The van der Waals surface area contributed by atoms with Crippen molar-refractivity contribution in [2.75, 3.05) is 11.1 Å². The fraction of sp³-hybridized carbons (Fsp3) is 0.0588. The Bertz CT molecular complexity index is 1740. The lowest BCUT2D eigenvalue weighted by Crippen LogP contribution is -2.17. The minimum absolute atomic E-state index is 0.159. The second-order valence-electron chi connectivity index (χ2n) is 9.58. The van der Waals surface area contributed by atoms with Crippen LogP contribution in [0.25, 0.3) is 23.5 Å². The summed E-state index contributed by atoms with van der Waals surface area (Å²) < 4.78 is 44.5. The van der Waals surface area contributed by atoms with Crippen molar-refractivity contribution in [3.8, 4) is 11.3 Å². The highest BCUT2D eigenvalue weighted by molar-refractivity contribution is 6.14. The number of carbonyl (C=O) groups is 2. The Morgan fingerprint density at radius 1 is 0.810 bits per heavy atom. The van der Waals surface area contributed by atoms with Crippen molar-refractivity contribution in [2.24, 2.45) is 0 Å². The Morgan fingerprint density at radius 2 is 1.52 bits per heavy atom. The fourth-order valence-corrected chi connectivity index (χ4v) is 4.32. The molecule has 3 N–H and O–H groups in total. The van der Waals surface area contributed by atoms with Gasteiger partial charge >= 0.3 is 6.18 Å². The van der Waals surface area contributed by atoms with E-state index >= 15 is 0 Å². The topological polar surface area (TPSA) is 85.3 Å². The van der Waals surface area contributed by atoms with Crippen molar-refractivity contribution in [3.05, 3.63) is 143 Å². The predicted molar refractivity (Wildman–Crippen MR) is 158 cm³/mol. The number of anilines is 2. The van der Waals surface area contributed by atoms with Crippen LogP contribution < -0.4 is 11.1 Å². The summed E-state index contributed by atoms with van der Waals surface area (Å²) in [6.45, 7) is 0. The number of ketones is 1. The van der Waals surface area contributed by atoms with Crippen LogP contribution in [-0.2, 0) is 17.4 Å². The standard InChI is InChI=1S/C34H25F3N2O3/c35-34(36,37)26-12-6-23(7-13-26)21-32(40)39-30-18-9-22(20-29(30)33(41)25-4-2-1-3-5-25)8-16-28-17-19-31(42-28)24-10-14-27(38)15-11-24/h1-20H,21,38H2,(H,39,40)/b16-8+. The maximum absolute atomic E-state index is 13.4. The number of nitrogens with two attached hydrogens (primary N) is 1. The zero-order valence-corrected chi connectivity index (χ0v) is 22.2. The van der Waals surface area contributed by atoms with Gasteiger partial charge in [-0.15, -0.1) is 0 Å². The molecule has 0 aliphatic carbocycles. The average Bonchev–Trinajstić information content (AvgIpc) is 3.46. The fourth-order valence-electron chi connectivity index (χ4n) is 4.32. The normalized spacial score (nSPS) is 11.5. The molecule has 0 aliphatic heterocycles. The second kappa shape index (κ2) is 12.0. The van der Waals surface area contributed by atoms with Gasteiger partial charge in [-0.3, -0.25) is 9.59 Å². The Morgan fingerprint density at radius 3 is 2.21 bits per heavy atom. The predicted octanol–water partition coefficient (Wildman–Crippen LogP) is 8.13. The molecule has 1 amide bonds. The molecule has 0 saturated heterocycles. The molecule has 0 spiro atoms. The Labute approximate surface area is 240 Å². The van der Waals surface area contributed by atoms with Gasteiger partial charge in [-0.1, -0.05) is 54.6 Å². The van der Waals surface area contributed by atoms with Gasteiger partial charge in [-0.25, -0.2) is 0 Å². The molecule has 42 heavy (non-hydrogen) atoms. The van der Waals surface area contributed by atoms with Gasteiger partial charge in [-0.05, 0) is 77.9 Å². The highest BCUT2D eigenvalue weighted by atomic mass is 19.4. The smallest absolute Gasteiger partial charge is 0.416 e. The third-order valence-corrected chi connectivity index (χ3v) is 6.51. The molecule has 0 unspecified atom stereocenters. The number of carbonyl (C=O) groups excluding carboxylic acids is 2. The van der Waals surface area contributed by atoms with E-state index < -0.39 is 17.6 Å². The van der Waals surface area contributed by atoms with Crippen molar-refractivity contribution in [3.63, 3.8) is 0 Å². The van der Waals surface area contributed by atoms with Crippen LogP contribution in [-0.4, -0.2) is 11.7 Å². The van der Waals surface area contributed by atoms with E-state index in [0.717, 1.165) is 17.7 Å². The van der Waals surface area contributed by atoms with E-state index in [-0.39, 0.29) is 17.8 Å². The van der Waals surface area contributed by atoms with Gasteiger partial charge in [0.05, 0.1) is 17.7 Å². The summed E-state index contributed by atoms with van der Waals surface area (Å²) in [6, 6.07) is 29.1. The van der Waals surface area contributed by atoms with Crippen molar-refractivity contribution in [2.45, 2.75) is 12.6 Å². The Balaban J connectivity index is 1.37. The number of hydrogen-bond donors (Lipinski definition) is 2. The molecule has 8 heteroatoms. The zero-order chi connectivity index (χ0) is 29.7. The van der Waals surface area contributed by atoms with Crippen LogP contribution in [0.1, 0.15) is 38.4 Å². The van der Waals surface area contributed by atoms with Gasteiger partial charge in [0.2, 0.25) is 5.91 Å². The number of benzene rings is 4. The van der Waals surface area contributed by atoms with Crippen LogP contribution in [0.3, 0.4) is 0 Å². The first kappa shape index (κ1) is 28.2. The molecule has 0 radical (unpaired) electrons. The molecule has 0 bridgehead atoms. The van der Waals surface area contributed by atoms with E-state index in [1.54, 1.807) is 72.8 Å². The highest BCUT2D eigenvalue weighted by Crippen LogP contribution is 2.29. The number of alkyl halides is 3. The maximum atomic E-state index is 13.4. The molecule has 0 aliphatic rings. The number of nitrogens with one attached hydrogen (secondary N) is 1. The van der Waals surface area contributed by atoms with E-state index in [4.69, 9.17) is 10.2 Å². The summed E-state index contributed by atoms with van der Waals surface area (Å²) in [5.41, 5.74) is 8.62. The first-order valence-corrected chi connectivity index (χ1v) is 13.0. The van der Waals surface area contributed by atoms with E-state index in [1.807, 2.05) is 24.3 Å². The van der Waals surface area contributed by atoms with Crippen molar-refractivity contribution in [1.82, 2.24) is 0 Å². The van der Waals surface area contributed by atoms with E-state index in [9.17, 15) is 22.8 Å². The van der Waals surface area contributed by atoms with Crippen LogP contribution in [0.5, 0.6) is 0 Å². The molecule has 5 nitrogen and oxygen atoms in total. The van der Waals surface area contributed by atoms with Gasteiger partial charge in [0.15, 0.2) is 5.78 Å². The zero-order valence-electron chi connectivity index (χ0n) is 22.2. The summed E-state index contributed by atoms with van der Waals surface area (Å²) in [5.74, 6) is 0.526. The van der Waals surface area contributed by atoms with E-state index in [0.29, 0.717) is 39.6 Å². The summed E-state index contributed by atoms with van der Waals surface area (Å²) in [7, 11) is 0. The van der Waals surface area contributed by atoms with Gasteiger partial charge in [0.1, 0.15) is 11.5 Å². The molecule has 1 heterocycles. The lowest BCUT2D eigenvalue weighted by Gasteiger charge is -2.12. The molecule has 0 saturated carbocycles. The third-order valence-electron chi connectivity index (χ3n) is 6.51. The number of furan rings is 1. The third kappa shape index (κ3) is 6.85. The highest BCUT2D eigenvalue weighted by Gasteiger charge is 2.30. The molecule has 1 aromatic heterocycles. The van der Waals surface area contributed by atoms with Crippen molar-refractivity contribution < 1.29 is 27.2 Å². The summed E-state index contributed by atoms with van der Waals surface area (Å²) in [6.07, 6.45) is -1.05. The summed E-state index contributed by atoms with van der Waals surface area (Å²) in [5, 5.41) is 2.75. The van der Waals surface area contributed by atoms with Crippen molar-refractivity contribution in [1.29, 1.82) is 0 Å². The van der Waals surface area contributed by atoms with Crippen LogP contribution in [0.2, 0.25) is 0 Å². The molecule has 5 rings (SSSR count). The molecule has 5 aromatic rings. The maximum Gasteiger partial charge on any atom is 0.416 e. The quantitative estimate of drug-likeness (QED) is 0.147. The number of amides is 1. The number of rotatable bonds is 8. The van der Waals surface area contributed by atoms with Crippen LogP contribution in [0.15, 0.2) is 114 Å². The van der Waals surface area contributed by atoms with Gasteiger partial charge in [0, 0.05) is 22.4 Å². The monoisotopic (exact) mass is 566 g/mol. The molecular weight excluding hydrogens is 541 g/mol. The lowest BCUT2D eigenvalue weighted by molar-refractivity contribution is -0.137. The van der Waals surface area contributed by atoms with Crippen molar-refractivity contribution >= 4 is 35.2 Å².